The van der Waals surface area contributed by atoms with E-state index >= 15 is 0 Å². The molecule has 0 atom stereocenters. The average Bonchev–Trinajstić information content (AvgIpc) is 2.93. The molecule has 2 aromatic rings. The lowest BCUT2D eigenvalue weighted by atomic mass is 9.97. The fourth-order valence-electron chi connectivity index (χ4n) is 3.32. The van der Waals surface area contributed by atoms with Gasteiger partial charge in [-0.1, -0.05) is 0 Å². The van der Waals surface area contributed by atoms with Crippen molar-refractivity contribution in [3.8, 4) is 0 Å². The Hall–Kier alpha value is -2.33. The number of urea groups is 1. The first-order valence-electron chi connectivity index (χ1n) is 9.62. The summed E-state index contributed by atoms with van der Waals surface area (Å²) in [7, 11) is -2.18. The van der Waals surface area contributed by atoms with Gasteiger partial charge < -0.3 is 14.6 Å². The number of aryl methyl sites for hydroxylation is 1. The SMILES string of the molecule is Cn1c(=O)oc2ccc(S(=O)(=O)NCC3CCN(C(=O)NC(C)(C)C)CC3)cc21. The van der Waals surface area contributed by atoms with Gasteiger partial charge in [0.05, 0.1) is 10.4 Å². The number of oxazole rings is 1. The highest BCUT2D eigenvalue weighted by Gasteiger charge is 2.26. The smallest absolute Gasteiger partial charge is 0.408 e. The highest BCUT2D eigenvalue weighted by molar-refractivity contribution is 7.89. The average molecular weight is 425 g/mol. The number of carbonyl (C=O) groups excluding carboxylic acids is 1. The number of fused-ring (bicyclic) bond motifs is 1. The van der Waals surface area contributed by atoms with Crippen molar-refractivity contribution in [3.63, 3.8) is 0 Å². The van der Waals surface area contributed by atoms with E-state index in [0.29, 0.717) is 30.7 Å². The summed E-state index contributed by atoms with van der Waals surface area (Å²) in [6.07, 6.45) is 1.46. The molecule has 2 amide bonds. The third-order valence-electron chi connectivity index (χ3n) is 5.02. The number of likely N-dealkylation sites (tertiary alicyclic amines) is 1. The zero-order valence-corrected chi connectivity index (χ0v) is 18.0. The second-order valence-corrected chi connectivity index (χ2v) is 10.3. The molecular weight excluding hydrogens is 396 g/mol. The Bertz CT molecular complexity index is 1060. The summed E-state index contributed by atoms with van der Waals surface area (Å²) >= 11 is 0. The van der Waals surface area contributed by atoms with Crippen molar-refractivity contribution in [1.82, 2.24) is 19.5 Å². The molecule has 1 aromatic carbocycles. The largest absolute Gasteiger partial charge is 0.419 e. The number of amides is 2. The van der Waals surface area contributed by atoms with Gasteiger partial charge in [0.15, 0.2) is 5.58 Å². The van der Waals surface area contributed by atoms with Crippen LogP contribution in [0, 0.1) is 5.92 Å². The molecular formula is C19H28N4O5S. The number of carbonyl (C=O) groups is 1. The Morgan fingerprint density at radius 1 is 1.24 bits per heavy atom. The van der Waals surface area contributed by atoms with Gasteiger partial charge >= 0.3 is 11.8 Å². The van der Waals surface area contributed by atoms with E-state index in [4.69, 9.17) is 4.42 Å². The van der Waals surface area contributed by atoms with E-state index in [1.807, 2.05) is 20.8 Å². The molecule has 29 heavy (non-hydrogen) atoms. The molecule has 0 saturated carbocycles. The molecule has 0 radical (unpaired) electrons. The molecule has 10 heteroatoms. The van der Waals surface area contributed by atoms with Gasteiger partial charge in [0.25, 0.3) is 0 Å². The molecule has 2 heterocycles. The lowest BCUT2D eigenvalue weighted by Crippen LogP contribution is -2.51. The van der Waals surface area contributed by atoms with Gasteiger partial charge in [-0.15, -0.1) is 0 Å². The number of piperidine rings is 1. The Labute approximate surface area is 170 Å². The van der Waals surface area contributed by atoms with Crippen LogP contribution in [0.25, 0.3) is 11.1 Å². The molecule has 2 N–H and O–H groups in total. The summed E-state index contributed by atoms with van der Waals surface area (Å²) < 4.78 is 34.3. The maximum absolute atomic E-state index is 12.7. The van der Waals surface area contributed by atoms with Crippen molar-refractivity contribution in [2.45, 2.75) is 44.0 Å². The van der Waals surface area contributed by atoms with E-state index in [0.717, 1.165) is 12.8 Å². The fraction of sp³-hybridized carbons (Fsp3) is 0.579. The molecule has 0 spiro atoms. The van der Waals surface area contributed by atoms with Gasteiger partial charge in [0.1, 0.15) is 0 Å². The van der Waals surface area contributed by atoms with E-state index in [-0.39, 0.29) is 22.4 Å². The summed E-state index contributed by atoms with van der Waals surface area (Å²) in [6.45, 7) is 7.30. The zero-order chi connectivity index (χ0) is 21.4. The topological polar surface area (TPSA) is 114 Å². The number of hydrogen-bond donors (Lipinski definition) is 2. The monoisotopic (exact) mass is 424 g/mol. The molecule has 1 saturated heterocycles. The molecule has 0 aliphatic carbocycles. The first-order chi connectivity index (χ1) is 13.5. The first-order valence-corrected chi connectivity index (χ1v) is 11.1. The van der Waals surface area contributed by atoms with Crippen LogP contribution in [0.4, 0.5) is 4.79 Å². The highest BCUT2D eigenvalue weighted by atomic mass is 32.2. The zero-order valence-electron chi connectivity index (χ0n) is 17.2. The van der Waals surface area contributed by atoms with Crippen molar-refractivity contribution < 1.29 is 17.6 Å². The Morgan fingerprint density at radius 2 is 1.90 bits per heavy atom. The summed E-state index contributed by atoms with van der Waals surface area (Å²) in [5.41, 5.74) is 0.483. The third-order valence-corrected chi connectivity index (χ3v) is 6.44. The number of sulfonamides is 1. The maximum Gasteiger partial charge on any atom is 0.419 e. The minimum absolute atomic E-state index is 0.0865. The van der Waals surface area contributed by atoms with Crippen LogP contribution in [0.2, 0.25) is 0 Å². The number of nitrogens with one attached hydrogen (secondary N) is 2. The molecule has 1 aliphatic rings. The van der Waals surface area contributed by atoms with Gasteiger partial charge in [0, 0.05) is 32.2 Å². The molecule has 1 aromatic heterocycles. The Balaban J connectivity index is 1.58. The number of benzene rings is 1. The second-order valence-electron chi connectivity index (χ2n) is 8.52. The van der Waals surface area contributed by atoms with Gasteiger partial charge in [-0.05, 0) is 57.7 Å². The van der Waals surface area contributed by atoms with Gasteiger partial charge in [-0.2, -0.15) is 0 Å². The molecule has 9 nitrogen and oxygen atoms in total. The summed E-state index contributed by atoms with van der Waals surface area (Å²) in [5.74, 6) is -0.379. The molecule has 1 aliphatic heterocycles. The molecule has 3 rings (SSSR count). The van der Waals surface area contributed by atoms with Crippen molar-refractivity contribution in [2.75, 3.05) is 19.6 Å². The van der Waals surface area contributed by atoms with E-state index < -0.39 is 15.8 Å². The minimum atomic E-state index is -3.71. The highest BCUT2D eigenvalue weighted by Crippen LogP contribution is 2.20. The fourth-order valence-corrected chi connectivity index (χ4v) is 4.46. The minimum Gasteiger partial charge on any atom is -0.408 e. The van der Waals surface area contributed by atoms with Gasteiger partial charge in [-0.25, -0.2) is 22.7 Å². The number of aromatic nitrogens is 1. The molecule has 160 valence electrons. The van der Waals surface area contributed by atoms with Crippen LogP contribution in [-0.2, 0) is 17.1 Å². The second kappa shape index (κ2) is 7.83. The lowest BCUT2D eigenvalue weighted by Gasteiger charge is -2.34. The molecule has 0 unspecified atom stereocenters. The van der Waals surface area contributed by atoms with Crippen molar-refractivity contribution in [1.29, 1.82) is 0 Å². The van der Waals surface area contributed by atoms with Crippen LogP contribution in [0.5, 0.6) is 0 Å². The number of hydrogen-bond acceptors (Lipinski definition) is 5. The van der Waals surface area contributed by atoms with Crippen LogP contribution in [-0.4, -0.2) is 49.1 Å². The number of nitrogens with zero attached hydrogens (tertiary/aromatic N) is 2. The van der Waals surface area contributed by atoms with Crippen molar-refractivity contribution in [2.24, 2.45) is 13.0 Å². The lowest BCUT2D eigenvalue weighted by molar-refractivity contribution is 0.163. The molecule has 1 fully saturated rings. The van der Waals surface area contributed by atoms with Crippen LogP contribution in [0.15, 0.2) is 32.3 Å². The van der Waals surface area contributed by atoms with E-state index in [1.165, 1.54) is 29.8 Å². The van der Waals surface area contributed by atoms with E-state index in [9.17, 15) is 18.0 Å². The van der Waals surface area contributed by atoms with Crippen LogP contribution in [0.1, 0.15) is 33.6 Å². The Kier molecular flexibility index (Phi) is 5.77. The standard InChI is InChI=1S/C19H28N4O5S/c1-19(2,3)21-17(24)23-9-7-13(8-10-23)12-20-29(26,27)14-5-6-16-15(11-14)22(4)18(25)28-16/h5-6,11,13,20H,7-10,12H2,1-4H3,(H,21,24). The van der Waals surface area contributed by atoms with Crippen molar-refractivity contribution in [3.05, 3.63) is 28.7 Å². The number of rotatable bonds is 4. The van der Waals surface area contributed by atoms with E-state index in [2.05, 4.69) is 10.0 Å². The van der Waals surface area contributed by atoms with Gasteiger partial charge in [0.2, 0.25) is 10.0 Å². The molecule has 0 bridgehead atoms. The predicted molar refractivity (Wildman–Crippen MR) is 109 cm³/mol. The van der Waals surface area contributed by atoms with Crippen LogP contribution >= 0.6 is 0 Å². The maximum atomic E-state index is 12.7. The normalized spacial score (nSPS) is 16.3. The first kappa shape index (κ1) is 21.4. The summed E-state index contributed by atoms with van der Waals surface area (Å²) in [6, 6.07) is 4.25. The van der Waals surface area contributed by atoms with Gasteiger partial charge in [-0.3, -0.25) is 4.57 Å². The quantitative estimate of drug-likeness (QED) is 0.774. The third kappa shape index (κ3) is 4.99. The predicted octanol–water partition coefficient (Wildman–Crippen LogP) is 1.63. The summed E-state index contributed by atoms with van der Waals surface area (Å²) in [5, 5.41) is 2.95. The van der Waals surface area contributed by atoms with Crippen molar-refractivity contribution >= 4 is 27.2 Å². The summed E-state index contributed by atoms with van der Waals surface area (Å²) in [4.78, 5) is 25.7. The van der Waals surface area contributed by atoms with Crippen LogP contribution < -0.4 is 15.8 Å². The Morgan fingerprint density at radius 3 is 2.52 bits per heavy atom. The van der Waals surface area contributed by atoms with E-state index in [1.54, 1.807) is 4.90 Å². The van der Waals surface area contributed by atoms with Crippen LogP contribution in [0.3, 0.4) is 0 Å².